The van der Waals surface area contributed by atoms with Gasteiger partial charge in [-0.1, -0.05) is 30.3 Å². The number of nitrogens with one attached hydrogen (secondary N) is 1. The number of para-hydroxylation sites is 1. The second-order valence-electron chi connectivity index (χ2n) is 8.13. The van der Waals surface area contributed by atoms with Crippen LogP contribution in [-0.4, -0.2) is 42.7 Å². The maximum atomic E-state index is 12.9. The van der Waals surface area contributed by atoms with Crippen molar-refractivity contribution >= 4 is 40.6 Å². The van der Waals surface area contributed by atoms with Crippen LogP contribution < -0.4 is 15.2 Å². The summed E-state index contributed by atoms with van der Waals surface area (Å²) in [6.07, 6.45) is 0.188. The number of nitrogens with zero attached hydrogens (tertiary/aromatic N) is 3. The number of rotatable bonds is 7. The van der Waals surface area contributed by atoms with E-state index < -0.39 is 11.9 Å². The van der Waals surface area contributed by atoms with Gasteiger partial charge in [0.05, 0.1) is 11.6 Å². The maximum absolute atomic E-state index is 12.9. The number of anilines is 3. The number of aliphatic carboxylic acids is 1. The van der Waals surface area contributed by atoms with E-state index in [-0.39, 0.29) is 23.9 Å². The third-order valence-corrected chi connectivity index (χ3v) is 5.56. The van der Waals surface area contributed by atoms with E-state index in [4.69, 9.17) is 0 Å². The molecule has 0 radical (unpaired) electrons. The average Bonchev–Trinajstić information content (AvgIpc) is 3.17. The monoisotopic (exact) mass is 456 g/mol. The summed E-state index contributed by atoms with van der Waals surface area (Å²) in [5, 5.41) is 17.6. The van der Waals surface area contributed by atoms with Gasteiger partial charge in [0.2, 0.25) is 0 Å². The van der Waals surface area contributed by atoms with Gasteiger partial charge in [-0.2, -0.15) is 10.1 Å². The van der Waals surface area contributed by atoms with Crippen LogP contribution in [0.1, 0.15) is 15.9 Å². The van der Waals surface area contributed by atoms with Crippen molar-refractivity contribution in [1.82, 2.24) is 0 Å². The number of carboxylic acid groups (broad SMARTS) is 1. The van der Waals surface area contributed by atoms with E-state index in [2.05, 4.69) is 10.4 Å². The minimum atomic E-state index is -1.22. The molecule has 0 spiro atoms. The fraction of sp³-hybridized carbons (Fsp3) is 0.154. The van der Waals surface area contributed by atoms with Crippen LogP contribution in [0.2, 0.25) is 0 Å². The normalized spacial score (nSPS) is 15.1. The molecule has 0 saturated heterocycles. The topological polar surface area (TPSA) is 102 Å². The Hall–Kier alpha value is -4.46. The standard InChI is InChI=1S/C26H24N4O4/c1-29(2)20-14-10-18(11-15-20)24(31)27-19-12-8-17(9-13-19)16-22-23(26(33)34)28-30(25(22)32)21-6-4-3-5-7-21/h3-15,22H,16H2,1-2H3,(H,27,31)(H,33,34). The fourth-order valence-corrected chi connectivity index (χ4v) is 3.70. The first-order chi connectivity index (χ1) is 16.3. The van der Waals surface area contributed by atoms with Gasteiger partial charge in [0.15, 0.2) is 5.71 Å². The van der Waals surface area contributed by atoms with Gasteiger partial charge >= 0.3 is 5.97 Å². The van der Waals surface area contributed by atoms with Crippen molar-refractivity contribution in [2.24, 2.45) is 11.0 Å². The molecule has 172 valence electrons. The van der Waals surface area contributed by atoms with Gasteiger partial charge in [0.1, 0.15) is 0 Å². The van der Waals surface area contributed by atoms with Crippen LogP contribution in [0.25, 0.3) is 0 Å². The highest BCUT2D eigenvalue weighted by Crippen LogP contribution is 2.27. The lowest BCUT2D eigenvalue weighted by atomic mass is 9.94. The number of benzene rings is 3. The first kappa shape index (κ1) is 22.7. The lowest BCUT2D eigenvalue weighted by Crippen LogP contribution is -2.31. The molecule has 8 nitrogen and oxygen atoms in total. The quantitative estimate of drug-likeness (QED) is 0.565. The molecule has 8 heteroatoms. The number of carbonyl (C=O) groups excluding carboxylic acids is 2. The van der Waals surface area contributed by atoms with Gasteiger partial charge in [0, 0.05) is 31.0 Å². The zero-order chi connectivity index (χ0) is 24.2. The van der Waals surface area contributed by atoms with Crippen LogP contribution in [0.4, 0.5) is 17.1 Å². The minimum Gasteiger partial charge on any atom is -0.477 e. The van der Waals surface area contributed by atoms with Crippen LogP contribution in [0.3, 0.4) is 0 Å². The third-order valence-electron chi connectivity index (χ3n) is 5.56. The third kappa shape index (κ3) is 4.80. The van der Waals surface area contributed by atoms with Gasteiger partial charge in [0.25, 0.3) is 11.8 Å². The Morgan fingerprint density at radius 1 is 0.971 bits per heavy atom. The summed E-state index contributed by atoms with van der Waals surface area (Å²) in [7, 11) is 3.86. The Labute approximate surface area is 197 Å². The summed E-state index contributed by atoms with van der Waals surface area (Å²) in [5.41, 5.74) is 3.22. The predicted octanol–water partition coefficient (Wildman–Crippen LogP) is 3.65. The van der Waals surface area contributed by atoms with Crippen LogP contribution in [-0.2, 0) is 16.0 Å². The number of hydrogen-bond donors (Lipinski definition) is 2. The van der Waals surface area contributed by atoms with E-state index in [1.807, 2.05) is 37.2 Å². The molecule has 3 aromatic carbocycles. The van der Waals surface area contributed by atoms with Crippen molar-refractivity contribution in [3.8, 4) is 0 Å². The molecule has 1 aliphatic rings. The predicted molar refractivity (Wildman–Crippen MR) is 131 cm³/mol. The van der Waals surface area contributed by atoms with E-state index in [1.54, 1.807) is 60.7 Å². The SMILES string of the molecule is CN(C)c1ccc(C(=O)Nc2ccc(CC3C(=O)N(c4ccccc4)N=C3C(=O)O)cc2)cc1. The summed E-state index contributed by atoms with van der Waals surface area (Å²) in [6, 6.07) is 23.0. The number of hydrazone groups is 1. The molecule has 2 N–H and O–H groups in total. The van der Waals surface area contributed by atoms with Crippen LogP contribution in [0.5, 0.6) is 0 Å². The highest BCUT2D eigenvalue weighted by atomic mass is 16.4. The van der Waals surface area contributed by atoms with Crippen molar-refractivity contribution in [2.45, 2.75) is 6.42 Å². The minimum absolute atomic E-state index is 0.188. The first-order valence-electron chi connectivity index (χ1n) is 10.7. The Balaban J connectivity index is 1.44. The van der Waals surface area contributed by atoms with Crippen molar-refractivity contribution in [3.05, 3.63) is 90.0 Å². The molecule has 1 aliphatic heterocycles. The largest absolute Gasteiger partial charge is 0.477 e. The van der Waals surface area contributed by atoms with Gasteiger partial charge in [-0.05, 0) is 60.5 Å². The molecule has 34 heavy (non-hydrogen) atoms. The van der Waals surface area contributed by atoms with Crippen molar-refractivity contribution in [2.75, 3.05) is 29.3 Å². The molecule has 1 atom stereocenters. The van der Waals surface area contributed by atoms with E-state index in [9.17, 15) is 19.5 Å². The van der Waals surface area contributed by atoms with Crippen molar-refractivity contribution in [1.29, 1.82) is 0 Å². The second-order valence-corrected chi connectivity index (χ2v) is 8.13. The number of amides is 2. The van der Waals surface area contributed by atoms with Crippen LogP contribution >= 0.6 is 0 Å². The summed E-state index contributed by atoms with van der Waals surface area (Å²) in [6.45, 7) is 0. The lowest BCUT2D eigenvalue weighted by molar-refractivity contribution is -0.130. The number of carbonyl (C=O) groups is 3. The van der Waals surface area contributed by atoms with Crippen LogP contribution in [0.15, 0.2) is 84.0 Å². The average molecular weight is 457 g/mol. The summed E-state index contributed by atoms with van der Waals surface area (Å²) in [4.78, 5) is 39.2. The number of hydrogen-bond acceptors (Lipinski definition) is 5. The van der Waals surface area contributed by atoms with Gasteiger partial charge in [-0.3, -0.25) is 9.59 Å². The van der Waals surface area contributed by atoms with Gasteiger partial charge in [-0.15, -0.1) is 0 Å². The second kappa shape index (κ2) is 9.58. The van der Waals surface area contributed by atoms with E-state index >= 15 is 0 Å². The number of carboxylic acids is 1. The molecular formula is C26H24N4O4. The Morgan fingerprint density at radius 2 is 1.62 bits per heavy atom. The molecule has 0 bridgehead atoms. The fourth-order valence-electron chi connectivity index (χ4n) is 3.70. The highest BCUT2D eigenvalue weighted by molar-refractivity contribution is 6.43. The molecule has 3 aromatic rings. The Bertz CT molecular complexity index is 1240. The van der Waals surface area contributed by atoms with E-state index in [1.165, 1.54) is 0 Å². The lowest BCUT2D eigenvalue weighted by Gasteiger charge is -2.14. The summed E-state index contributed by atoms with van der Waals surface area (Å²) >= 11 is 0. The zero-order valence-electron chi connectivity index (χ0n) is 18.8. The highest BCUT2D eigenvalue weighted by Gasteiger charge is 2.40. The van der Waals surface area contributed by atoms with Gasteiger partial charge in [-0.25, -0.2) is 4.79 Å². The first-order valence-corrected chi connectivity index (χ1v) is 10.7. The molecule has 0 aromatic heterocycles. The summed E-state index contributed by atoms with van der Waals surface area (Å²) < 4.78 is 0. The molecule has 0 aliphatic carbocycles. The molecule has 1 heterocycles. The van der Waals surface area contributed by atoms with Crippen LogP contribution in [0, 0.1) is 5.92 Å². The van der Waals surface area contributed by atoms with Crippen molar-refractivity contribution < 1.29 is 19.5 Å². The van der Waals surface area contributed by atoms with Gasteiger partial charge < -0.3 is 15.3 Å². The molecule has 2 amide bonds. The molecule has 0 fully saturated rings. The van der Waals surface area contributed by atoms with Crippen molar-refractivity contribution in [3.63, 3.8) is 0 Å². The Morgan fingerprint density at radius 3 is 2.21 bits per heavy atom. The molecule has 0 saturated carbocycles. The Kier molecular flexibility index (Phi) is 6.40. The smallest absolute Gasteiger partial charge is 0.352 e. The summed E-state index contributed by atoms with van der Waals surface area (Å²) in [5.74, 6) is -2.74. The molecule has 4 rings (SSSR count). The molecular weight excluding hydrogens is 432 g/mol. The van der Waals surface area contributed by atoms with E-state index in [0.717, 1.165) is 16.3 Å². The molecule has 1 unspecified atom stereocenters. The zero-order valence-corrected chi connectivity index (χ0v) is 18.8. The maximum Gasteiger partial charge on any atom is 0.352 e. The van der Waals surface area contributed by atoms with E-state index in [0.29, 0.717) is 16.9 Å².